The molecule has 1 N–H and O–H groups in total. The Morgan fingerprint density at radius 1 is 0.923 bits per heavy atom. The van der Waals surface area contributed by atoms with Gasteiger partial charge in [0.2, 0.25) is 0 Å². The van der Waals surface area contributed by atoms with E-state index < -0.39 is 17.7 Å². The summed E-state index contributed by atoms with van der Waals surface area (Å²) in [5.74, 6) is 0.0595. The SMILES string of the molecule is COc1ccccc1CN1C(=O)C(=O)/C(=C(\O)c2ccc(OC)c(C(C)(C)C)c2)C1c1ccc(C(C)C)cc1. The second-order valence-electron chi connectivity index (χ2n) is 11.2. The Balaban J connectivity index is 1.90. The number of ether oxygens (including phenoxy) is 2. The van der Waals surface area contributed by atoms with Crippen molar-refractivity contribution in [1.29, 1.82) is 0 Å². The molecule has 204 valence electrons. The van der Waals surface area contributed by atoms with Crippen LogP contribution in [0.25, 0.3) is 5.76 Å². The minimum absolute atomic E-state index is 0.0669. The van der Waals surface area contributed by atoms with Gasteiger partial charge < -0.3 is 19.5 Å². The first-order chi connectivity index (χ1) is 18.5. The molecular weight excluding hydrogens is 490 g/mol. The van der Waals surface area contributed by atoms with Crippen molar-refractivity contribution in [1.82, 2.24) is 4.90 Å². The van der Waals surface area contributed by atoms with E-state index in [1.807, 2.05) is 54.6 Å². The maximum absolute atomic E-state index is 13.6. The fourth-order valence-electron chi connectivity index (χ4n) is 5.07. The van der Waals surface area contributed by atoms with Crippen LogP contribution in [0.5, 0.6) is 11.5 Å². The second kappa shape index (κ2) is 11.0. The third-order valence-electron chi connectivity index (χ3n) is 7.27. The summed E-state index contributed by atoms with van der Waals surface area (Å²) >= 11 is 0. The molecule has 0 radical (unpaired) electrons. The van der Waals surface area contributed by atoms with Crippen molar-refractivity contribution < 1.29 is 24.2 Å². The third-order valence-corrected chi connectivity index (χ3v) is 7.27. The summed E-state index contributed by atoms with van der Waals surface area (Å²) in [7, 11) is 3.18. The first-order valence-corrected chi connectivity index (χ1v) is 13.2. The molecule has 1 unspecified atom stereocenters. The third kappa shape index (κ3) is 5.42. The number of benzene rings is 3. The van der Waals surface area contributed by atoms with E-state index in [1.165, 1.54) is 4.90 Å². The molecule has 0 spiro atoms. The highest BCUT2D eigenvalue weighted by Gasteiger charge is 2.46. The van der Waals surface area contributed by atoms with Gasteiger partial charge in [-0.3, -0.25) is 9.59 Å². The summed E-state index contributed by atoms with van der Waals surface area (Å²) in [6.07, 6.45) is 0. The average Bonchev–Trinajstić information content (AvgIpc) is 3.17. The van der Waals surface area contributed by atoms with E-state index in [4.69, 9.17) is 9.47 Å². The van der Waals surface area contributed by atoms with Crippen molar-refractivity contribution >= 4 is 17.4 Å². The number of aliphatic hydroxyl groups excluding tert-OH is 1. The summed E-state index contributed by atoms with van der Waals surface area (Å²) in [5, 5.41) is 11.6. The molecular formula is C33H37NO5. The number of Topliss-reactive ketones (excluding diaryl/α,β-unsaturated/α-hetero) is 1. The normalized spacial score (nSPS) is 17.1. The summed E-state index contributed by atoms with van der Waals surface area (Å²) in [4.78, 5) is 28.6. The summed E-state index contributed by atoms with van der Waals surface area (Å²) in [6, 6.07) is 19.9. The van der Waals surface area contributed by atoms with Crippen LogP contribution in [0.3, 0.4) is 0 Å². The zero-order valence-electron chi connectivity index (χ0n) is 23.7. The Kier molecular flexibility index (Phi) is 7.86. The van der Waals surface area contributed by atoms with Crippen LogP contribution in [0.1, 0.15) is 74.4 Å². The molecule has 39 heavy (non-hydrogen) atoms. The zero-order chi connectivity index (χ0) is 28.5. The number of carbonyl (C=O) groups excluding carboxylic acids is 2. The van der Waals surface area contributed by atoms with Gasteiger partial charge in [0, 0.05) is 16.7 Å². The van der Waals surface area contributed by atoms with Crippen LogP contribution in [0.2, 0.25) is 0 Å². The number of nitrogens with zero attached hydrogens (tertiary/aromatic N) is 1. The quantitative estimate of drug-likeness (QED) is 0.209. The van der Waals surface area contributed by atoms with Gasteiger partial charge in [-0.15, -0.1) is 0 Å². The molecule has 0 saturated carbocycles. The lowest BCUT2D eigenvalue weighted by Gasteiger charge is -2.27. The standard InChI is InChI=1S/C33H37NO5/c1-20(2)21-12-14-22(15-13-21)29-28(30(35)23-16-17-27(39-7)25(18-23)33(3,4)5)31(36)32(37)34(29)19-24-10-8-9-11-26(24)38-6/h8-18,20,29,35H,19H2,1-7H3/b30-28-. The van der Waals surface area contributed by atoms with Crippen molar-refractivity contribution in [2.24, 2.45) is 0 Å². The van der Waals surface area contributed by atoms with Crippen molar-refractivity contribution in [2.75, 3.05) is 14.2 Å². The monoisotopic (exact) mass is 527 g/mol. The minimum atomic E-state index is -0.767. The lowest BCUT2D eigenvalue weighted by Crippen LogP contribution is -2.29. The number of methoxy groups -OCH3 is 2. The lowest BCUT2D eigenvalue weighted by atomic mass is 9.84. The highest BCUT2D eigenvalue weighted by atomic mass is 16.5. The van der Waals surface area contributed by atoms with E-state index in [9.17, 15) is 14.7 Å². The Morgan fingerprint density at radius 2 is 1.56 bits per heavy atom. The number of rotatable bonds is 7. The van der Waals surface area contributed by atoms with E-state index in [0.717, 1.165) is 22.3 Å². The molecule has 6 nitrogen and oxygen atoms in total. The van der Waals surface area contributed by atoms with Crippen molar-refractivity contribution in [2.45, 2.75) is 58.5 Å². The van der Waals surface area contributed by atoms with E-state index >= 15 is 0 Å². The van der Waals surface area contributed by atoms with Gasteiger partial charge in [-0.2, -0.15) is 0 Å². The number of hydrogen-bond donors (Lipinski definition) is 1. The van der Waals surface area contributed by atoms with Crippen LogP contribution < -0.4 is 9.47 Å². The highest BCUT2D eigenvalue weighted by molar-refractivity contribution is 6.46. The van der Waals surface area contributed by atoms with Gasteiger partial charge in [0.15, 0.2) is 0 Å². The van der Waals surface area contributed by atoms with Crippen molar-refractivity contribution in [3.63, 3.8) is 0 Å². The molecule has 3 aromatic rings. The topological polar surface area (TPSA) is 76.1 Å². The Labute approximate surface area is 230 Å². The minimum Gasteiger partial charge on any atom is -0.507 e. The van der Waals surface area contributed by atoms with Gasteiger partial charge in [0.05, 0.1) is 32.4 Å². The molecule has 6 heteroatoms. The highest BCUT2D eigenvalue weighted by Crippen LogP contribution is 2.42. The number of para-hydroxylation sites is 1. The molecule has 1 aliphatic rings. The Morgan fingerprint density at radius 3 is 2.15 bits per heavy atom. The summed E-state index contributed by atoms with van der Waals surface area (Å²) < 4.78 is 11.1. The number of likely N-dealkylation sites (tertiary alicyclic amines) is 1. The molecule has 1 atom stereocenters. The number of aliphatic hydroxyl groups is 1. The Bertz CT molecular complexity index is 1410. The number of hydrogen-bond acceptors (Lipinski definition) is 5. The molecule has 3 aromatic carbocycles. The number of carbonyl (C=O) groups is 2. The molecule has 0 aliphatic carbocycles. The summed E-state index contributed by atoms with van der Waals surface area (Å²) in [5.41, 5.74) is 3.80. The van der Waals surface area contributed by atoms with Crippen LogP contribution in [0.4, 0.5) is 0 Å². The van der Waals surface area contributed by atoms with Crippen LogP contribution in [0.15, 0.2) is 72.3 Å². The average molecular weight is 528 g/mol. The van der Waals surface area contributed by atoms with E-state index in [0.29, 0.717) is 23.0 Å². The predicted octanol–water partition coefficient (Wildman–Crippen LogP) is 6.75. The fraction of sp³-hybridized carbons (Fsp3) is 0.333. The van der Waals surface area contributed by atoms with E-state index in [2.05, 4.69) is 34.6 Å². The van der Waals surface area contributed by atoms with Gasteiger partial charge >= 0.3 is 0 Å². The van der Waals surface area contributed by atoms with Crippen LogP contribution in [-0.2, 0) is 21.5 Å². The van der Waals surface area contributed by atoms with Crippen molar-refractivity contribution in [3.8, 4) is 11.5 Å². The molecule has 1 fully saturated rings. The van der Waals surface area contributed by atoms with Gasteiger partial charge in [-0.05, 0) is 46.7 Å². The maximum atomic E-state index is 13.6. The molecule has 0 bridgehead atoms. The van der Waals surface area contributed by atoms with Gasteiger partial charge in [-0.25, -0.2) is 0 Å². The van der Waals surface area contributed by atoms with Crippen LogP contribution in [0, 0.1) is 0 Å². The maximum Gasteiger partial charge on any atom is 0.295 e. The summed E-state index contributed by atoms with van der Waals surface area (Å²) in [6.45, 7) is 10.5. The van der Waals surface area contributed by atoms with Crippen molar-refractivity contribution in [3.05, 3.63) is 100 Å². The molecule has 1 heterocycles. The number of ketones is 1. The first kappa shape index (κ1) is 28.0. The van der Waals surface area contributed by atoms with Gasteiger partial charge in [-0.1, -0.05) is 77.1 Å². The largest absolute Gasteiger partial charge is 0.507 e. The van der Waals surface area contributed by atoms with E-state index in [1.54, 1.807) is 26.4 Å². The first-order valence-electron chi connectivity index (χ1n) is 13.2. The zero-order valence-corrected chi connectivity index (χ0v) is 23.7. The smallest absolute Gasteiger partial charge is 0.295 e. The van der Waals surface area contributed by atoms with Crippen LogP contribution >= 0.6 is 0 Å². The Hall–Kier alpha value is -4.06. The number of amides is 1. The predicted molar refractivity (Wildman–Crippen MR) is 153 cm³/mol. The molecule has 1 aliphatic heterocycles. The molecule has 0 aromatic heterocycles. The fourth-order valence-corrected chi connectivity index (χ4v) is 5.07. The molecule has 1 saturated heterocycles. The van der Waals surface area contributed by atoms with Gasteiger partial charge in [0.1, 0.15) is 17.3 Å². The van der Waals surface area contributed by atoms with Gasteiger partial charge in [0.25, 0.3) is 11.7 Å². The lowest BCUT2D eigenvalue weighted by molar-refractivity contribution is -0.140. The second-order valence-corrected chi connectivity index (χ2v) is 11.2. The van der Waals surface area contributed by atoms with Crippen LogP contribution in [-0.4, -0.2) is 35.9 Å². The molecule has 1 amide bonds. The van der Waals surface area contributed by atoms with E-state index in [-0.39, 0.29) is 23.3 Å². The molecule has 4 rings (SSSR count).